The molecule has 0 spiro atoms. The van der Waals surface area contributed by atoms with Crippen molar-refractivity contribution in [3.8, 4) is 5.75 Å². The number of rotatable bonds is 6. The zero-order chi connectivity index (χ0) is 15.2. The van der Waals surface area contributed by atoms with Gasteiger partial charge < -0.3 is 10.1 Å². The Kier molecular flexibility index (Phi) is 5.34. The fourth-order valence-electron chi connectivity index (χ4n) is 2.37. The number of hydrogen-bond donors (Lipinski definition) is 1. The maximum Gasteiger partial charge on any atom is 0.123 e. The van der Waals surface area contributed by atoms with Gasteiger partial charge in [0.2, 0.25) is 0 Å². The molecule has 3 heteroatoms. The summed E-state index contributed by atoms with van der Waals surface area (Å²) in [6.45, 7) is 5.85. The first kappa shape index (κ1) is 15.5. The van der Waals surface area contributed by atoms with Crippen molar-refractivity contribution in [2.45, 2.75) is 26.8 Å². The summed E-state index contributed by atoms with van der Waals surface area (Å²) >= 11 is 0. The molecule has 0 aliphatic carbocycles. The third kappa shape index (κ3) is 4.30. The van der Waals surface area contributed by atoms with Crippen LogP contribution in [0.1, 0.15) is 22.3 Å². The second-order valence-electron chi connectivity index (χ2n) is 5.30. The second-order valence-corrected chi connectivity index (χ2v) is 5.30. The summed E-state index contributed by atoms with van der Waals surface area (Å²) < 4.78 is 18.1. The number of halogens is 1. The first-order chi connectivity index (χ1) is 10.1. The zero-order valence-electron chi connectivity index (χ0n) is 12.9. The second kappa shape index (κ2) is 7.23. The molecule has 2 rings (SSSR count). The van der Waals surface area contributed by atoms with E-state index in [0.717, 1.165) is 36.4 Å². The van der Waals surface area contributed by atoms with Gasteiger partial charge in [-0.2, -0.15) is 0 Å². The maximum absolute atomic E-state index is 12.8. The van der Waals surface area contributed by atoms with Gasteiger partial charge in [0.1, 0.15) is 11.6 Å². The molecule has 0 aliphatic rings. The molecule has 0 bridgehead atoms. The van der Waals surface area contributed by atoms with E-state index in [0.29, 0.717) is 0 Å². The molecule has 112 valence electrons. The van der Waals surface area contributed by atoms with Gasteiger partial charge in [-0.3, -0.25) is 0 Å². The van der Waals surface area contributed by atoms with Crippen molar-refractivity contribution in [2.24, 2.45) is 0 Å². The average molecular weight is 287 g/mol. The summed E-state index contributed by atoms with van der Waals surface area (Å²) in [5.74, 6) is 0.749. The quantitative estimate of drug-likeness (QED) is 0.816. The average Bonchev–Trinajstić information content (AvgIpc) is 2.48. The largest absolute Gasteiger partial charge is 0.496 e. The minimum absolute atomic E-state index is 0.184. The van der Waals surface area contributed by atoms with Crippen molar-refractivity contribution >= 4 is 0 Å². The number of nitrogens with one attached hydrogen (secondary N) is 1. The van der Waals surface area contributed by atoms with E-state index in [9.17, 15) is 4.39 Å². The van der Waals surface area contributed by atoms with Crippen molar-refractivity contribution < 1.29 is 9.13 Å². The third-order valence-corrected chi connectivity index (χ3v) is 3.67. The summed E-state index contributed by atoms with van der Waals surface area (Å²) in [6, 6.07) is 10.9. The van der Waals surface area contributed by atoms with Gasteiger partial charge in [-0.15, -0.1) is 0 Å². The molecule has 2 nitrogen and oxygen atoms in total. The number of aryl methyl sites for hydroxylation is 2. The Hall–Kier alpha value is -1.87. The topological polar surface area (TPSA) is 21.3 Å². The normalized spacial score (nSPS) is 10.7. The summed E-state index contributed by atoms with van der Waals surface area (Å²) in [5, 5.41) is 3.44. The molecule has 0 aromatic heterocycles. The molecule has 2 aromatic carbocycles. The van der Waals surface area contributed by atoms with E-state index in [1.54, 1.807) is 7.11 Å². The first-order valence-electron chi connectivity index (χ1n) is 7.19. The Bertz CT molecular complexity index is 593. The van der Waals surface area contributed by atoms with Gasteiger partial charge >= 0.3 is 0 Å². The predicted molar refractivity (Wildman–Crippen MR) is 84.3 cm³/mol. The van der Waals surface area contributed by atoms with Crippen molar-refractivity contribution in [3.05, 3.63) is 64.5 Å². The Labute approximate surface area is 126 Å². The van der Waals surface area contributed by atoms with Crippen molar-refractivity contribution in [3.63, 3.8) is 0 Å². The molecule has 0 amide bonds. The fraction of sp³-hybridized carbons (Fsp3) is 0.333. The van der Waals surface area contributed by atoms with Crippen LogP contribution in [0.15, 0.2) is 36.4 Å². The minimum atomic E-state index is -0.184. The summed E-state index contributed by atoms with van der Waals surface area (Å²) in [5.41, 5.74) is 4.81. The van der Waals surface area contributed by atoms with Crippen LogP contribution in [0, 0.1) is 19.7 Å². The van der Waals surface area contributed by atoms with E-state index >= 15 is 0 Å². The van der Waals surface area contributed by atoms with Crippen molar-refractivity contribution in [1.82, 2.24) is 5.32 Å². The van der Waals surface area contributed by atoms with Crippen LogP contribution in [-0.2, 0) is 13.0 Å². The number of ether oxygens (including phenoxy) is 1. The molecule has 0 unspecified atom stereocenters. The smallest absolute Gasteiger partial charge is 0.123 e. The van der Waals surface area contributed by atoms with Gasteiger partial charge in [-0.25, -0.2) is 4.39 Å². The minimum Gasteiger partial charge on any atom is -0.496 e. The number of methoxy groups -OCH3 is 1. The van der Waals surface area contributed by atoms with Crippen molar-refractivity contribution in [1.29, 1.82) is 0 Å². The Morgan fingerprint density at radius 1 is 1.05 bits per heavy atom. The molecular weight excluding hydrogens is 265 g/mol. The van der Waals surface area contributed by atoms with E-state index in [1.165, 1.54) is 23.3 Å². The van der Waals surface area contributed by atoms with Gasteiger partial charge in [0.15, 0.2) is 0 Å². The lowest BCUT2D eigenvalue weighted by molar-refractivity contribution is 0.411. The van der Waals surface area contributed by atoms with E-state index in [-0.39, 0.29) is 5.82 Å². The van der Waals surface area contributed by atoms with Gasteiger partial charge in [0, 0.05) is 6.54 Å². The van der Waals surface area contributed by atoms with Crippen LogP contribution >= 0.6 is 0 Å². The van der Waals surface area contributed by atoms with Gasteiger partial charge in [0.25, 0.3) is 0 Å². The molecule has 0 fully saturated rings. The van der Waals surface area contributed by atoms with E-state index in [4.69, 9.17) is 4.74 Å². The first-order valence-corrected chi connectivity index (χ1v) is 7.19. The molecule has 0 saturated heterocycles. The Balaban J connectivity index is 1.86. The van der Waals surface area contributed by atoms with Crippen LogP contribution in [0.25, 0.3) is 0 Å². The van der Waals surface area contributed by atoms with Crippen LogP contribution in [-0.4, -0.2) is 13.7 Å². The van der Waals surface area contributed by atoms with Crippen LogP contribution < -0.4 is 10.1 Å². The third-order valence-electron chi connectivity index (χ3n) is 3.67. The predicted octanol–water partition coefficient (Wildman–Crippen LogP) is 3.78. The molecule has 0 saturated carbocycles. The Morgan fingerprint density at radius 3 is 2.43 bits per heavy atom. The highest BCUT2D eigenvalue weighted by atomic mass is 19.1. The van der Waals surface area contributed by atoms with Gasteiger partial charge in [0.05, 0.1) is 7.11 Å². The van der Waals surface area contributed by atoms with Crippen LogP contribution in [0.3, 0.4) is 0 Å². The van der Waals surface area contributed by atoms with Crippen LogP contribution in [0.4, 0.5) is 4.39 Å². The maximum atomic E-state index is 12.8. The van der Waals surface area contributed by atoms with Crippen molar-refractivity contribution in [2.75, 3.05) is 13.7 Å². The summed E-state index contributed by atoms with van der Waals surface area (Å²) in [7, 11) is 1.70. The molecule has 0 aliphatic heterocycles. The highest BCUT2D eigenvalue weighted by Crippen LogP contribution is 2.22. The fourth-order valence-corrected chi connectivity index (χ4v) is 2.37. The monoisotopic (exact) mass is 287 g/mol. The standard InChI is InChI=1S/C18H22FNO/c1-13-11-18(21-3)14(2)10-16(13)12-20-9-8-15-4-6-17(19)7-5-15/h4-7,10-11,20H,8-9,12H2,1-3H3. The molecule has 2 aromatic rings. The van der Waals surface area contributed by atoms with E-state index < -0.39 is 0 Å². The highest BCUT2D eigenvalue weighted by Gasteiger charge is 2.04. The van der Waals surface area contributed by atoms with Crippen LogP contribution in [0.2, 0.25) is 0 Å². The summed E-state index contributed by atoms with van der Waals surface area (Å²) in [6.07, 6.45) is 0.897. The number of benzene rings is 2. The van der Waals surface area contributed by atoms with E-state index in [2.05, 4.69) is 31.3 Å². The lowest BCUT2D eigenvalue weighted by Crippen LogP contribution is -2.17. The molecule has 1 N–H and O–H groups in total. The SMILES string of the molecule is COc1cc(C)c(CNCCc2ccc(F)cc2)cc1C. The molecule has 0 heterocycles. The number of hydrogen-bond acceptors (Lipinski definition) is 2. The lowest BCUT2D eigenvalue weighted by Gasteiger charge is -2.12. The summed E-state index contributed by atoms with van der Waals surface area (Å²) in [4.78, 5) is 0. The van der Waals surface area contributed by atoms with Gasteiger partial charge in [-0.05, 0) is 67.3 Å². The Morgan fingerprint density at radius 2 is 1.76 bits per heavy atom. The lowest BCUT2D eigenvalue weighted by atomic mass is 10.0. The van der Waals surface area contributed by atoms with Gasteiger partial charge in [-0.1, -0.05) is 18.2 Å². The highest BCUT2D eigenvalue weighted by molar-refractivity contribution is 5.41. The molecule has 0 atom stereocenters. The van der Waals surface area contributed by atoms with Crippen LogP contribution in [0.5, 0.6) is 5.75 Å². The zero-order valence-corrected chi connectivity index (χ0v) is 12.9. The molecular formula is C18H22FNO. The molecule has 21 heavy (non-hydrogen) atoms. The molecule has 0 radical (unpaired) electrons. The van der Waals surface area contributed by atoms with E-state index in [1.807, 2.05) is 12.1 Å².